The molecule has 0 heterocycles. The van der Waals surface area contributed by atoms with Gasteiger partial charge in [0.25, 0.3) is 0 Å². The molecular formula is C31H54O2P2. The first kappa shape index (κ1) is 26.0. The summed E-state index contributed by atoms with van der Waals surface area (Å²) in [5.74, 6) is 1.76. The van der Waals surface area contributed by atoms with E-state index in [0.717, 1.165) is 34.5 Å². The summed E-state index contributed by atoms with van der Waals surface area (Å²) in [6.07, 6.45) is 34.7. The lowest BCUT2D eigenvalue weighted by Gasteiger charge is -2.46. The van der Waals surface area contributed by atoms with Crippen LogP contribution in [-0.4, -0.2) is 34.8 Å². The zero-order valence-electron chi connectivity index (χ0n) is 22.6. The average molecular weight is 521 g/mol. The molecule has 0 N–H and O–H groups in total. The summed E-state index contributed by atoms with van der Waals surface area (Å²) in [5, 5.41) is 0. The molecule has 200 valence electrons. The van der Waals surface area contributed by atoms with Crippen LogP contribution in [0.2, 0.25) is 0 Å². The molecule has 0 aliphatic heterocycles. The highest BCUT2D eigenvalue weighted by Gasteiger charge is 2.51. The molecule has 6 fully saturated rings. The predicted octanol–water partition coefficient (Wildman–Crippen LogP) is 10.3. The largest absolute Gasteiger partial charge is 0.355 e. The van der Waals surface area contributed by atoms with Gasteiger partial charge in [0.2, 0.25) is 0 Å². The summed E-state index contributed by atoms with van der Waals surface area (Å²) in [6, 6.07) is 0. The van der Waals surface area contributed by atoms with E-state index in [1.54, 1.807) is 0 Å². The van der Waals surface area contributed by atoms with Crippen molar-refractivity contribution in [3.63, 3.8) is 0 Å². The molecule has 4 atom stereocenters. The van der Waals surface area contributed by atoms with Crippen molar-refractivity contribution in [2.24, 2.45) is 11.8 Å². The lowest BCUT2D eigenvalue weighted by molar-refractivity contribution is 0.0112. The van der Waals surface area contributed by atoms with E-state index in [2.05, 4.69) is 0 Å². The van der Waals surface area contributed by atoms with Gasteiger partial charge in [-0.2, -0.15) is 0 Å². The molecule has 0 amide bonds. The van der Waals surface area contributed by atoms with Gasteiger partial charge in [-0.3, -0.25) is 0 Å². The van der Waals surface area contributed by atoms with Crippen molar-refractivity contribution in [3.05, 3.63) is 0 Å². The topological polar surface area (TPSA) is 18.5 Å². The Kier molecular flexibility index (Phi) is 9.48. The van der Waals surface area contributed by atoms with Crippen LogP contribution in [0.15, 0.2) is 0 Å². The fourth-order valence-corrected chi connectivity index (χ4v) is 15.4. The molecule has 35 heavy (non-hydrogen) atoms. The first-order chi connectivity index (χ1) is 17.3. The Hall–Kier alpha value is 0.780. The van der Waals surface area contributed by atoms with E-state index in [4.69, 9.17) is 9.05 Å². The van der Waals surface area contributed by atoms with E-state index in [9.17, 15) is 0 Å². The highest BCUT2D eigenvalue weighted by molar-refractivity contribution is 7.54. The quantitative estimate of drug-likeness (QED) is 0.296. The third kappa shape index (κ3) is 6.34. The molecule has 0 spiro atoms. The maximum Gasteiger partial charge on any atom is 0.0652 e. The Morgan fingerprint density at radius 1 is 0.400 bits per heavy atom. The van der Waals surface area contributed by atoms with E-state index in [1.807, 2.05) is 0 Å². The van der Waals surface area contributed by atoms with E-state index >= 15 is 0 Å². The molecular weight excluding hydrogens is 466 g/mol. The molecule has 0 radical (unpaired) electrons. The van der Waals surface area contributed by atoms with Crippen LogP contribution in [0.25, 0.3) is 0 Å². The Balaban J connectivity index is 1.07. The fraction of sp³-hybridized carbons (Fsp3) is 1.00. The monoisotopic (exact) mass is 520 g/mol. The first-order valence-electron chi connectivity index (χ1n) is 16.3. The summed E-state index contributed by atoms with van der Waals surface area (Å²) in [7, 11) is -0.410. The summed E-state index contributed by atoms with van der Waals surface area (Å²) in [5.41, 5.74) is 3.72. The third-order valence-corrected chi connectivity index (χ3v) is 17.0. The summed E-state index contributed by atoms with van der Waals surface area (Å²) in [6.45, 7) is 0. The minimum Gasteiger partial charge on any atom is -0.355 e. The summed E-state index contributed by atoms with van der Waals surface area (Å²) < 4.78 is 14.6. The first-order valence-corrected chi connectivity index (χ1v) is 19.0. The van der Waals surface area contributed by atoms with Crippen LogP contribution >= 0.6 is 16.3 Å². The second-order valence-electron chi connectivity index (χ2n) is 13.4. The molecule has 0 saturated heterocycles. The van der Waals surface area contributed by atoms with Crippen LogP contribution in [0.1, 0.15) is 148 Å². The lowest BCUT2D eigenvalue weighted by Crippen LogP contribution is -2.40. The minimum atomic E-state index is -0.207. The normalized spacial score (nSPS) is 36.5. The van der Waals surface area contributed by atoms with Gasteiger partial charge in [-0.05, 0) is 82.5 Å². The predicted molar refractivity (Wildman–Crippen MR) is 152 cm³/mol. The van der Waals surface area contributed by atoms with Crippen LogP contribution in [-0.2, 0) is 9.05 Å². The van der Waals surface area contributed by atoms with Crippen molar-refractivity contribution in [1.82, 2.24) is 0 Å². The molecule has 6 aliphatic rings. The van der Waals surface area contributed by atoms with E-state index in [0.29, 0.717) is 12.2 Å². The highest BCUT2D eigenvalue weighted by Crippen LogP contribution is 2.64. The molecule has 4 heteroatoms. The van der Waals surface area contributed by atoms with Crippen molar-refractivity contribution in [1.29, 1.82) is 0 Å². The van der Waals surface area contributed by atoms with Gasteiger partial charge in [-0.1, -0.05) is 77.0 Å². The Labute approximate surface area is 219 Å². The zero-order valence-corrected chi connectivity index (χ0v) is 24.4. The van der Waals surface area contributed by atoms with Gasteiger partial charge in [0.1, 0.15) is 0 Å². The highest BCUT2D eigenvalue weighted by atomic mass is 31.1. The van der Waals surface area contributed by atoms with Crippen molar-refractivity contribution in [3.8, 4) is 0 Å². The third-order valence-electron chi connectivity index (χ3n) is 11.0. The number of hydrogen-bond donors (Lipinski definition) is 0. The van der Waals surface area contributed by atoms with E-state index < -0.39 is 0 Å². The van der Waals surface area contributed by atoms with Gasteiger partial charge in [0, 0.05) is 38.9 Å². The maximum absolute atomic E-state index is 7.28. The van der Waals surface area contributed by atoms with Gasteiger partial charge < -0.3 is 9.05 Å². The van der Waals surface area contributed by atoms with Gasteiger partial charge >= 0.3 is 0 Å². The SMILES string of the molecule is C1CCC(P(O[C@@H]2C[C@@H]3C[C@H](OP(C4CCCCC4)C4CCCCC4)[C@@H]3C2)C2CCCCC2)CC1. The molecule has 0 aromatic rings. The Morgan fingerprint density at radius 2 is 0.800 bits per heavy atom. The Morgan fingerprint density at radius 3 is 1.23 bits per heavy atom. The van der Waals surface area contributed by atoms with Gasteiger partial charge in [0.15, 0.2) is 0 Å². The molecule has 6 saturated carbocycles. The second kappa shape index (κ2) is 12.8. The second-order valence-corrected chi connectivity index (χ2v) is 18.2. The Bertz CT molecular complexity index is 558. The summed E-state index contributed by atoms with van der Waals surface area (Å²) >= 11 is 0. The maximum atomic E-state index is 7.28. The number of rotatable bonds is 8. The molecule has 0 aromatic heterocycles. The van der Waals surface area contributed by atoms with E-state index in [1.165, 1.54) is 148 Å². The van der Waals surface area contributed by atoms with Crippen LogP contribution in [0.4, 0.5) is 0 Å². The van der Waals surface area contributed by atoms with Crippen LogP contribution in [0, 0.1) is 11.8 Å². The standard InChI is InChI=1S/C31H54O2P2/c1-5-13-26(14-6-1)34(27-15-7-2-8-16-27)32-25-21-24-22-31(30(24)23-25)33-35(28-17-9-3-10-18-28)29-19-11-4-12-20-29/h24-31H,1-23H2/t24-,25-,30-,31+/m1/s1. The summed E-state index contributed by atoms with van der Waals surface area (Å²) in [4.78, 5) is 0. The molecule has 0 aromatic carbocycles. The number of fused-ring (bicyclic) bond motifs is 1. The van der Waals surface area contributed by atoms with Gasteiger partial charge in [0.05, 0.1) is 12.2 Å². The smallest absolute Gasteiger partial charge is 0.0652 e. The van der Waals surface area contributed by atoms with Gasteiger partial charge in [-0.15, -0.1) is 0 Å². The van der Waals surface area contributed by atoms with Crippen LogP contribution < -0.4 is 0 Å². The van der Waals surface area contributed by atoms with Crippen molar-refractivity contribution < 1.29 is 9.05 Å². The zero-order chi connectivity index (χ0) is 23.5. The van der Waals surface area contributed by atoms with Crippen molar-refractivity contribution >= 4 is 16.3 Å². The van der Waals surface area contributed by atoms with Crippen LogP contribution in [0.3, 0.4) is 0 Å². The molecule has 0 bridgehead atoms. The molecule has 6 aliphatic carbocycles. The fourth-order valence-electron chi connectivity index (χ4n) is 8.93. The number of hydrogen-bond acceptors (Lipinski definition) is 2. The molecule has 2 nitrogen and oxygen atoms in total. The van der Waals surface area contributed by atoms with Gasteiger partial charge in [-0.25, -0.2) is 0 Å². The van der Waals surface area contributed by atoms with Crippen molar-refractivity contribution in [2.45, 2.75) is 183 Å². The lowest BCUT2D eigenvalue weighted by atomic mass is 9.74. The van der Waals surface area contributed by atoms with Crippen molar-refractivity contribution in [2.75, 3.05) is 0 Å². The molecule has 6 rings (SSSR count). The average Bonchev–Trinajstić information content (AvgIpc) is 3.25. The van der Waals surface area contributed by atoms with Crippen LogP contribution in [0.5, 0.6) is 0 Å². The van der Waals surface area contributed by atoms with E-state index in [-0.39, 0.29) is 16.3 Å². The molecule has 0 unspecified atom stereocenters. The minimum absolute atomic E-state index is 0.203.